The summed E-state index contributed by atoms with van der Waals surface area (Å²) in [5, 5.41) is 3.84. The summed E-state index contributed by atoms with van der Waals surface area (Å²) in [5.74, 6) is 0.845. The zero-order valence-electron chi connectivity index (χ0n) is 14.3. The molecule has 0 aromatic rings. The second kappa shape index (κ2) is 6.76. The van der Waals surface area contributed by atoms with Gasteiger partial charge in [-0.05, 0) is 64.2 Å². The average molecular weight is 281 g/mol. The maximum absolute atomic E-state index is 3.84. The van der Waals surface area contributed by atoms with Gasteiger partial charge in [-0.15, -0.1) is 0 Å². The molecule has 2 aliphatic rings. The molecule has 1 N–H and O–H groups in total. The molecule has 2 rings (SSSR count). The van der Waals surface area contributed by atoms with E-state index in [0.717, 1.165) is 12.0 Å². The standard InChI is InChI=1S/C17H35N3/c1-6-10-18-16-14(7-9-17(16,2)3)12-20-11-8-15(13-20)19(4)5/h14-16,18H,6-13H2,1-5H3. The van der Waals surface area contributed by atoms with Crippen LogP contribution in [0.15, 0.2) is 0 Å². The molecule has 1 aliphatic carbocycles. The summed E-state index contributed by atoms with van der Waals surface area (Å²) >= 11 is 0. The largest absolute Gasteiger partial charge is 0.313 e. The van der Waals surface area contributed by atoms with Crippen molar-refractivity contribution in [2.75, 3.05) is 40.3 Å². The molecule has 0 bridgehead atoms. The Morgan fingerprint density at radius 2 is 2.00 bits per heavy atom. The van der Waals surface area contributed by atoms with E-state index in [-0.39, 0.29) is 0 Å². The van der Waals surface area contributed by atoms with E-state index in [0.29, 0.717) is 11.5 Å². The van der Waals surface area contributed by atoms with Crippen LogP contribution in [0.2, 0.25) is 0 Å². The summed E-state index contributed by atoms with van der Waals surface area (Å²) in [7, 11) is 4.44. The van der Waals surface area contributed by atoms with Crippen LogP contribution in [0.1, 0.15) is 46.5 Å². The van der Waals surface area contributed by atoms with Gasteiger partial charge in [0.1, 0.15) is 0 Å². The minimum absolute atomic E-state index is 0.473. The Bertz CT molecular complexity index is 301. The fourth-order valence-electron chi connectivity index (χ4n) is 4.19. The summed E-state index contributed by atoms with van der Waals surface area (Å²) in [6.07, 6.45) is 5.36. The maximum Gasteiger partial charge on any atom is 0.0229 e. The predicted octanol–water partition coefficient (Wildman–Crippen LogP) is 2.43. The zero-order chi connectivity index (χ0) is 14.8. The number of hydrogen-bond acceptors (Lipinski definition) is 3. The van der Waals surface area contributed by atoms with E-state index >= 15 is 0 Å². The highest BCUT2D eigenvalue weighted by Crippen LogP contribution is 2.42. The lowest BCUT2D eigenvalue weighted by atomic mass is 9.84. The Balaban J connectivity index is 1.88. The van der Waals surface area contributed by atoms with Crippen LogP contribution in [0.4, 0.5) is 0 Å². The molecule has 1 aliphatic heterocycles. The van der Waals surface area contributed by atoms with E-state index in [1.807, 2.05) is 0 Å². The third-order valence-electron chi connectivity index (χ3n) is 5.56. The minimum atomic E-state index is 0.473. The van der Waals surface area contributed by atoms with Crippen molar-refractivity contribution < 1.29 is 0 Å². The van der Waals surface area contributed by atoms with Gasteiger partial charge in [-0.25, -0.2) is 0 Å². The second-order valence-electron chi connectivity index (χ2n) is 7.88. The molecule has 118 valence electrons. The molecule has 1 saturated heterocycles. The lowest BCUT2D eigenvalue weighted by Gasteiger charge is -2.33. The summed E-state index contributed by atoms with van der Waals surface area (Å²) in [6, 6.07) is 1.48. The van der Waals surface area contributed by atoms with Gasteiger partial charge in [-0.1, -0.05) is 20.8 Å². The van der Waals surface area contributed by atoms with Crippen molar-refractivity contribution in [3.8, 4) is 0 Å². The fraction of sp³-hybridized carbons (Fsp3) is 1.00. The van der Waals surface area contributed by atoms with Crippen molar-refractivity contribution in [1.29, 1.82) is 0 Å². The minimum Gasteiger partial charge on any atom is -0.313 e. The van der Waals surface area contributed by atoms with Crippen LogP contribution in [-0.2, 0) is 0 Å². The Labute approximate surface area is 126 Å². The number of likely N-dealkylation sites (tertiary alicyclic amines) is 1. The normalized spacial score (nSPS) is 34.2. The van der Waals surface area contributed by atoms with Crippen LogP contribution in [0.3, 0.4) is 0 Å². The molecule has 0 amide bonds. The lowest BCUT2D eigenvalue weighted by Crippen LogP contribution is -2.46. The average Bonchev–Trinajstić information content (AvgIpc) is 2.94. The number of hydrogen-bond donors (Lipinski definition) is 1. The molecule has 0 spiro atoms. The summed E-state index contributed by atoms with van der Waals surface area (Å²) in [4.78, 5) is 5.10. The highest BCUT2D eigenvalue weighted by atomic mass is 15.2. The van der Waals surface area contributed by atoms with Gasteiger partial charge in [0.2, 0.25) is 0 Å². The molecule has 3 atom stereocenters. The first-order chi connectivity index (χ1) is 9.44. The number of rotatable bonds is 6. The molecule has 3 unspecified atom stereocenters. The summed E-state index contributed by atoms with van der Waals surface area (Å²) in [5.41, 5.74) is 0.473. The van der Waals surface area contributed by atoms with Crippen LogP contribution >= 0.6 is 0 Å². The number of nitrogens with zero attached hydrogens (tertiary/aromatic N) is 2. The van der Waals surface area contributed by atoms with Crippen molar-refractivity contribution >= 4 is 0 Å². The molecule has 20 heavy (non-hydrogen) atoms. The molecule has 0 radical (unpaired) electrons. The molecule has 0 aromatic heterocycles. The Morgan fingerprint density at radius 3 is 2.60 bits per heavy atom. The van der Waals surface area contributed by atoms with E-state index in [2.05, 4.69) is 50.0 Å². The van der Waals surface area contributed by atoms with Crippen molar-refractivity contribution in [3.63, 3.8) is 0 Å². The van der Waals surface area contributed by atoms with Gasteiger partial charge in [0.25, 0.3) is 0 Å². The SMILES string of the molecule is CCCNC1C(CN2CCC(N(C)C)C2)CCC1(C)C. The lowest BCUT2D eigenvalue weighted by molar-refractivity contribution is 0.194. The number of likely N-dealkylation sites (N-methyl/N-ethyl adjacent to an activating group) is 1. The molecule has 3 heteroatoms. The Kier molecular flexibility index (Phi) is 5.49. The Hall–Kier alpha value is -0.120. The van der Waals surface area contributed by atoms with Gasteiger partial charge in [0, 0.05) is 25.2 Å². The van der Waals surface area contributed by atoms with Crippen LogP contribution in [0.5, 0.6) is 0 Å². The topological polar surface area (TPSA) is 18.5 Å². The van der Waals surface area contributed by atoms with Crippen LogP contribution in [-0.4, -0.2) is 62.2 Å². The van der Waals surface area contributed by atoms with Gasteiger partial charge in [-0.2, -0.15) is 0 Å². The molecule has 1 heterocycles. The first-order valence-corrected chi connectivity index (χ1v) is 8.56. The van der Waals surface area contributed by atoms with Gasteiger partial charge >= 0.3 is 0 Å². The highest BCUT2D eigenvalue weighted by molar-refractivity contribution is 4.98. The van der Waals surface area contributed by atoms with Gasteiger partial charge < -0.3 is 15.1 Å². The Morgan fingerprint density at radius 1 is 1.25 bits per heavy atom. The molecular formula is C17H35N3. The third-order valence-corrected chi connectivity index (χ3v) is 5.56. The molecular weight excluding hydrogens is 246 g/mol. The smallest absolute Gasteiger partial charge is 0.0229 e. The first-order valence-electron chi connectivity index (χ1n) is 8.56. The zero-order valence-corrected chi connectivity index (χ0v) is 14.3. The summed E-state index contributed by atoms with van der Waals surface area (Å²) < 4.78 is 0. The first kappa shape index (κ1) is 16.3. The fourth-order valence-corrected chi connectivity index (χ4v) is 4.19. The van der Waals surface area contributed by atoms with Crippen molar-refractivity contribution in [1.82, 2.24) is 15.1 Å². The van der Waals surface area contributed by atoms with E-state index in [1.165, 1.54) is 51.9 Å². The second-order valence-corrected chi connectivity index (χ2v) is 7.88. The van der Waals surface area contributed by atoms with Gasteiger partial charge in [-0.3, -0.25) is 0 Å². The van der Waals surface area contributed by atoms with E-state index in [4.69, 9.17) is 0 Å². The molecule has 2 fully saturated rings. The van der Waals surface area contributed by atoms with Gasteiger partial charge in [0.05, 0.1) is 0 Å². The van der Waals surface area contributed by atoms with E-state index in [1.54, 1.807) is 0 Å². The highest BCUT2D eigenvalue weighted by Gasteiger charge is 2.42. The molecule has 0 aromatic carbocycles. The molecule has 3 nitrogen and oxygen atoms in total. The monoisotopic (exact) mass is 281 g/mol. The van der Waals surface area contributed by atoms with Crippen molar-refractivity contribution in [3.05, 3.63) is 0 Å². The maximum atomic E-state index is 3.84. The van der Waals surface area contributed by atoms with Crippen LogP contribution < -0.4 is 5.32 Å². The third kappa shape index (κ3) is 3.75. The van der Waals surface area contributed by atoms with Crippen LogP contribution in [0, 0.1) is 11.3 Å². The van der Waals surface area contributed by atoms with E-state index < -0.39 is 0 Å². The predicted molar refractivity (Wildman–Crippen MR) is 87.1 cm³/mol. The van der Waals surface area contributed by atoms with Crippen LogP contribution in [0.25, 0.3) is 0 Å². The number of nitrogens with one attached hydrogen (secondary N) is 1. The van der Waals surface area contributed by atoms with Gasteiger partial charge in [0.15, 0.2) is 0 Å². The van der Waals surface area contributed by atoms with E-state index in [9.17, 15) is 0 Å². The molecule has 1 saturated carbocycles. The van der Waals surface area contributed by atoms with Crippen molar-refractivity contribution in [2.24, 2.45) is 11.3 Å². The summed E-state index contributed by atoms with van der Waals surface area (Å²) in [6.45, 7) is 12.2. The van der Waals surface area contributed by atoms with Crippen molar-refractivity contribution in [2.45, 2.75) is 58.5 Å². The quantitative estimate of drug-likeness (QED) is 0.807.